The Bertz CT molecular complexity index is 961. The standard InChI is InChI=1S/C22H29N3O3S/c1-17-11-12-21(14-18(17)2)29(27,28)24(3)16-22(26)23-19-8-7-13-25(15-19)20-9-5-4-6-10-20/h4-6,9-12,14,19H,7-8,13,15-16H2,1-3H3,(H,23,26). The molecule has 7 heteroatoms. The smallest absolute Gasteiger partial charge is 0.243 e. The topological polar surface area (TPSA) is 69.7 Å². The van der Waals surface area contributed by atoms with Crippen LogP contribution in [0.15, 0.2) is 53.4 Å². The maximum atomic E-state index is 12.8. The molecule has 0 aliphatic carbocycles. The number of hydrogen-bond donors (Lipinski definition) is 1. The van der Waals surface area contributed by atoms with Gasteiger partial charge in [0.25, 0.3) is 0 Å². The first-order valence-electron chi connectivity index (χ1n) is 9.90. The van der Waals surface area contributed by atoms with Crippen molar-refractivity contribution in [3.8, 4) is 0 Å². The molecule has 1 N–H and O–H groups in total. The van der Waals surface area contributed by atoms with E-state index >= 15 is 0 Å². The molecular weight excluding hydrogens is 386 g/mol. The van der Waals surface area contributed by atoms with Crippen molar-refractivity contribution in [3.63, 3.8) is 0 Å². The summed E-state index contributed by atoms with van der Waals surface area (Å²) in [7, 11) is -2.26. The average molecular weight is 416 g/mol. The summed E-state index contributed by atoms with van der Waals surface area (Å²) in [4.78, 5) is 15.0. The highest BCUT2D eigenvalue weighted by molar-refractivity contribution is 7.89. The Balaban J connectivity index is 1.60. The van der Waals surface area contributed by atoms with Gasteiger partial charge in [0, 0.05) is 31.9 Å². The summed E-state index contributed by atoms with van der Waals surface area (Å²) in [5.74, 6) is -0.278. The van der Waals surface area contributed by atoms with E-state index in [1.54, 1.807) is 18.2 Å². The minimum absolute atomic E-state index is 0.00850. The van der Waals surface area contributed by atoms with Crippen LogP contribution >= 0.6 is 0 Å². The number of aryl methyl sites for hydroxylation is 2. The maximum absolute atomic E-state index is 12.8. The third-order valence-corrected chi connectivity index (χ3v) is 7.26. The number of piperidine rings is 1. The van der Waals surface area contributed by atoms with Gasteiger partial charge in [0.2, 0.25) is 15.9 Å². The Morgan fingerprint density at radius 1 is 1.14 bits per heavy atom. The van der Waals surface area contributed by atoms with Crippen LogP contribution in [-0.4, -0.2) is 51.4 Å². The average Bonchev–Trinajstić information content (AvgIpc) is 2.70. The fourth-order valence-corrected chi connectivity index (χ4v) is 4.80. The van der Waals surface area contributed by atoms with Crippen LogP contribution in [0.5, 0.6) is 0 Å². The summed E-state index contributed by atoms with van der Waals surface area (Å²) in [6, 6.07) is 15.2. The molecule has 1 saturated heterocycles. The van der Waals surface area contributed by atoms with Gasteiger partial charge in [-0.1, -0.05) is 24.3 Å². The number of amides is 1. The van der Waals surface area contributed by atoms with Gasteiger partial charge < -0.3 is 10.2 Å². The van der Waals surface area contributed by atoms with Gasteiger partial charge >= 0.3 is 0 Å². The molecule has 29 heavy (non-hydrogen) atoms. The summed E-state index contributed by atoms with van der Waals surface area (Å²) in [6.45, 7) is 5.30. The molecule has 1 unspecified atom stereocenters. The Hall–Kier alpha value is -2.38. The van der Waals surface area contributed by atoms with Gasteiger partial charge in [0.05, 0.1) is 11.4 Å². The van der Waals surface area contributed by atoms with E-state index in [2.05, 4.69) is 22.3 Å². The molecule has 1 aliphatic rings. The van der Waals surface area contributed by atoms with E-state index in [0.29, 0.717) is 0 Å². The van der Waals surface area contributed by atoms with Gasteiger partial charge in [-0.3, -0.25) is 4.79 Å². The molecule has 1 aliphatic heterocycles. The van der Waals surface area contributed by atoms with E-state index in [1.165, 1.54) is 7.05 Å². The zero-order valence-corrected chi connectivity index (χ0v) is 18.1. The molecule has 6 nitrogen and oxygen atoms in total. The van der Waals surface area contributed by atoms with E-state index in [4.69, 9.17) is 0 Å². The third kappa shape index (κ3) is 5.16. The molecule has 2 aromatic carbocycles. The first-order valence-corrected chi connectivity index (χ1v) is 11.3. The summed E-state index contributed by atoms with van der Waals surface area (Å²) < 4.78 is 26.7. The number of carbonyl (C=O) groups excluding carboxylic acids is 1. The predicted octanol–water partition coefficient (Wildman–Crippen LogP) is 2.71. The molecule has 0 aromatic heterocycles. The number of carbonyl (C=O) groups is 1. The van der Waals surface area contributed by atoms with E-state index in [0.717, 1.165) is 47.1 Å². The highest BCUT2D eigenvalue weighted by Gasteiger charge is 2.26. The zero-order valence-electron chi connectivity index (χ0n) is 17.3. The number of likely N-dealkylation sites (N-methyl/N-ethyl adjacent to an activating group) is 1. The summed E-state index contributed by atoms with van der Waals surface area (Å²) in [5, 5.41) is 3.01. The second kappa shape index (κ2) is 8.97. The third-order valence-electron chi connectivity index (χ3n) is 5.46. The van der Waals surface area contributed by atoms with E-state index in [1.807, 2.05) is 32.0 Å². The highest BCUT2D eigenvalue weighted by atomic mass is 32.2. The van der Waals surface area contributed by atoms with E-state index in [9.17, 15) is 13.2 Å². The SMILES string of the molecule is Cc1ccc(S(=O)(=O)N(C)CC(=O)NC2CCCN(c3ccccc3)C2)cc1C. The molecule has 0 spiro atoms. The number of nitrogens with one attached hydrogen (secondary N) is 1. The number of nitrogens with zero attached hydrogens (tertiary/aromatic N) is 2. The minimum atomic E-state index is -3.71. The van der Waals surface area contributed by atoms with Crippen LogP contribution in [0.2, 0.25) is 0 Å². The molecule has 156 valence electrons. The molecule has 0 saturated carbocycles. The number of rotatable bonds is 6. The predicted molar refractivity (Wildman–Crippen MR) is 116 cm³/mol. The number of para-hydroxylation sites is 1. The Kier molecular flexibility index (Phi) is 6.59. The molecule has 3 rings (SSSR count). The number of sulfonamides is 1. The van der Waals surface area contributed by atoms with Crippen molar-refractivity contribution < 1.29 is 13.2 Å². The van der Waals surface area contributed by atoms with Crippen LogP contribution in [0, 0.1) is 13.8 Å². The van der Waals surface area contributed by atoms with Crippen molar-refractivity contribution in [2.75, 3.05) is 31.6 Å². The number of hydrogen-bond acceptors (Lipinski definition) is 4. The summed E-state index contributed by atoms with van der Waals surface area (Å²) in [6.07, 6.45) is 1.87. The lowest BCUT2D eigenvalue weighted by atomic mass is 10.0. The molecule has 1 atom stereocenters. The van der Waals surface area contributed by atoms with Crippen molar-refractivity contribution in [2.45, 2.75) is 37.6 Å². The Morgan fingerprint density at radius 3 is 2.55 bits per heavy atom. The molecule has 2 aromatic rings. The molecule has 0 radical (unpaired) electrons. The first kappa shape index (κ1) is 21.3. The lowest BCUT2D eigenvalue weighted by Gasteiger charge is -2.35. The number of benzene rings is 2. The summed E-state index contributed by atoms with van der Waals surface area (Å²) >= 11 is 0. The molecule has 1 heterocycles. The van der Waals surface area contributed by atoms with Gasteiger partial charge in [-0.2, -0.15) is 4.31 Å². The van der Waals surface area contributed by atoms with Crippen LogP contribution in [0.25, 0.3) is 0 Å². The van der Waals surface area contributed by atoms with Crippen LogP contribution < -0.4 is 10.2 Å². The second-order valence-electron chi connectivity index (χ2n) is 7.70. The van der Waals surface area contributed by atoms with Crippen LogP contribution in [0.3, 0.4) is 0 Å². The van der Waals surface area contributed by atoms with E-state index < -0.39 is 10.0 Å². The van der Waals surface area contributed by atoms with Crippen LogP contribution in [-0.2, 0) is 14.8 Å². The normalized spacial score (nSPS) is 17.4. The zero-order chi connectivity index (χ0) is 21.0. The molecule has 1 amide bonds. The van der Waals surface area contributed by atoms with Crippen LogP contribution in [0.4, 0.5) is 5.69 Å². The van der Waals surface area contributed by atoms with Gasteiger partial charge in [-0.15, -0.1) is 0 Å². The quantitative estimate of drug-likeness (QED) is 0.788. The fraction of sp³-hybridized carbons (Fsp3) is 0.409. The Morgan fingerprint density at radius 2 is 1.86 bits per heavy atom. The lowest BCUT2D eigenvalue weighted by Crippen LogP contribution is -2.50. The molecule has 1 fully saturated rings. The van der Waals surface area contributed by atoms with Crippen molar-refractivity contribution in [1.29, 1.82) is 0 Å². The Labute approximate surface area is 173 Å². The maximum Gasteiger partial charge on any atom is 0.243 e. The van der Waals surface area contributed by atoms with Gasteiger partial charge in [-0.25, -0.2) is 8.42 Å². The molecular formula is C22H29N3O3S. The lowest BCUT2D eigenvalue weighted by molar-refractivity contribution is -0.121. The fourth-order valence-electron chi connectivity index (χ4n) is 3.58. The van der Waals surface area contributed by atoms with Gasteiger partial charge in [0.15, 0.2) is 0 Å². The number of anilines is 1. The second-order valence-corrected chi connectivity index (χ2v) is 9.74. The minimum Gasteiger partial charge on any atom is -0.369 e. The van der Waals surface area contributed by atoms with Gasteiger partial charge in [-0.05, 0) is 62.1 Å². The van der Waals surface area contributed by atoms with Gasteiger partial charge in [0.1, 0.15) is 0 Å². The van der Waals surface area contributed by atoms with Crippen molar-refractivity contribution in [3.05, 3.63) is 59.7 Å². The largest absolute Gasteiger partial charge is 0.369 e. The van der Waals surface area contributed by atoms with Crippen molar-refractivity contribution in [2.24, 2.45) is 0 Å². The van der Waals surface area contributed by atoms with Crippen molar-refractivity contribution >= 4 is 21.6 Å². The first-order chi connectivity index (χ1) is 13.8. The van der Waals surface area contributed by atoms with Crippen molar-refractivity contribution in [1.82, 2.24) is 9.62 Å². The monoisotopic (exact) mass is 415 g/mol. The molecule has 0 bridgehead atoms. The summed E-state index contributed by atoms with van der Waals surface area (Å²) in [5.41, 5.74) is 3.08. The highest BCUT2D eigenvalue weighted by Crippen LogP contribution is 2.20. The van der Waals surface area contributed by atoms with E-state index in [-0.39, 0.29) is 23.4 Å². The van der Waals surface area contributed by atoms with Crippen LogP contribution in [0.1, 0.15) is 24.0 Å².